The Morgan fingerprint density at radius 1 is 0.933 bits per heavy atom. The Morgan fingerprint density at radius 2 is 1.53 bits per heavy atom. The molecular weight excluding hydrogens is 190 g/mol. The van der Waals surface area contributed by atoms with Crippen LogP contribution in [0.4, 0.5) is 0 Å². The molecule has 15 heavy (non-hydrogen) atoms. The molecule has 2 fully saturated rings. The molecule has 0 spiro atoms. The van der Waals surface area contributed by atoms with Crippen LogP contribution in [0.15, 0.2) is 0 Å². The maximum Gasteiger partial charge on any atom is 0.248 e. The van der Waals surface area contributed by atoms with Crippen molar-refractivity contribution >= 4 is 5.91 Å². The Hall–Kier alpha value is -0.610. The number of rotatable bonds is 3. The maximum atomic E-state index is 11.7. The van der Waals surface area contributed by atoms with Gasteiger partial charge >= 0.3 is 0 Å². The van der Waals surface area contributed by atoms with Crippen molar-refractivity contribution in [2.75, 3.05) is 32.7 Å². The molecule has 86 valence electrons. The third-order valence-electron chi connectivity index (χ3n) is 3.20. The molecule has 4 heteroatoms. The van der Waals surface area contributed by atoms with E-state index in [9.17, 15) is 4.79 Å². The van der Waals surface area contributed by atoms with E-state index >= 15 is 0 Å². The van der Waals surface area contributed by atoms with Gasteiger partial charge in [0.25, 0.3) is 0 Å². The first-order chi connectivity index (χ1) is 7.34. The molecule has 0 aromatic heterocycles. The minimum absolute atomic E-state index is 0.166. The zero-order valence-electron chi connectivity index (χ0n) is 9.37. The summed E-state index contributed by atoms with van der Waals surface area (Å²) in [5, 5.41) is 2.07. The van der Waals surface area contributed by atoms with Gasteiger partial charge in [-0.2, -0.15) is 0 Å². The maximum absolute atomic E-state index is 11.7. The molecular formula is C11H21N3O. The van der Waals surface area contributed by atoms with E-state index in [0.717, 1.165) is 26.2 Å². The topological polar surface area (TPSA) is 35.6 Å². The van der Waals surface area contributed by atoms with Crippen molar-refractivity contribution in [1.29, 1.82) is 0 Å². The number of nitrogens with zero attached hydrogens (tertiary/aromatic N) is 2. The van der Waals surface area contributed by atoms with Crippen molar-refractivity contribution in [3.8, 4) is 0 Å². The van der Waals surface area contributed by atoms with E-state index in [1.54, 1.807) is 0 Å². The first-order valence-electron chi connectivity index (χ1n) is 6.11. The van der Waals surface area contributed by atoms with Crippen LogP contribution in [0, 0.1) is 0 Å². The summed E-state index contributed by atoms with van der Waals surface area (Å²) in [6.45, 7) is 4.80. The summed E-state index contributed by atoms with van der Waals surface area (Å²) in [7, 11) is 0. The summed E-state index contributed by atoms with van der Waals surface area (Å²) in [5.74, 6) is 0.166. The van der Waals surface area contributed by atoms with Crippen molar-refractivity contribution in [1.82, 2.24) is 15.3 Å². The summed E-state index contributed by atoms with van der Waals surface area (Å²) >= 11 is 0. The fraction of sp³-hybridized carbons (Fsp3) is 0.909. The van der Waals surface area contributed by atoms with Crippen LogP contribution in [-0.2, 0) is 4.79 Å². The molecule has 0 bridgehead atoms. The first-order valence-corrected chi connectivity index (χ1v) is 6.11. The fourth-order valence-corrected chi connectivity index (χ4v) is 2.36. The third-order valence-corrected chi connectivity index (χ3v) is 3.20. The number of hydrogen-bond donors (Lipinski definition) is 1. The Bertz CT molecular complexity index is 208. The Kier molecular flexibility index (Phi) is 3.97. The highest BCUT2D eigenvalue weighted by Gasteiger charge is 2.17. The van der Waals surface area contributed by atoms with Crippen LogP contribution in [0.25, 0.3) is 0 Å². The van der Waals surface area contributed by atoms with Crippen molar-refractivity contribution in [2.45, 2.75) is 32.1 Å². The molecule has 2 rings (SSSR count). The minimum Gasteiger partial charge on any atom is -0.294 e. The Morgan fingerprint density at radius 3 is 2.20 bits per heavy atom. The molecule has 0 unspecified atom stereocenters. The van der Waals surface area contributed by atoms with E-state index in [0.29, 0.717) is 6.54 Å². The second kappa shape index (κ2) is 5.47. The van der Waals surface area contributed by atoms with Gasteiger partial charge in [-0.3, -0.25) is 15.1 Å². The van der Waals surface area contributed by atoms with Gasteiger partial charge in [-0.05, 0) is 38.8 Å². The van der Waals surface area contributed by atoms with Gasteiger partial charge < -0.3 is 0 Å². The van der Waals surface area contributed by atoms with Gasteiger partial charge in [0.05, 0.1) is 6.54 Å². The SMILES string of the molecule is O=C(CN1CCCC1)NN1CCCCC1. The highest BCUT2D eigenvalue weighted by Crippen LogP contribution is 2.07. The molecule has 0 aromatic carbocycles. The van der Waals surface area contributed by atoms with Crippen molar-refractivity contribution < 1.29 is 4.79 Å². The predicted octanol–water partition coefficient (Wildman–Crippen LogP) is 0.599. The summed E-state index contributed by atoms with van der Waals surface area (Å²) in [4.78, 5) is 13.9. The Labute approximate surface area is 91.6 Å². The molecule has 2 aliphatic rings. The molecule has 2 aliphatic heterocycles. The number of nitrogens with one attached hydrogen (secondary N) is 1. The van der Waals surface area contributed by atoms with Gasteiger partial charge in [0.2, 0.25) is 5.91 Å². The molecule has 0 atom stereocenters. The van der Waals surface area contributed by atoms with Crippen LogP contribution >= 0.6 is 0 Å². The normalized spacial score (nSPS) is 24.3. The summed E-state index contributed by atoms with van der Waals surface area (Å²) in [6, 6.07) is 0. The molecule has 0 saturated carbocycles. The van der Waals surface area contributed by atoms with Crippen molar-refractivity contribution in [3.63, 3.8) is 0 Å². The van der Waals surface area contributed by atoms with Gasteiger partial charge in [-0.15, -0.1) is 0 Å². The van der Waals surface area contributed by atoms with Crippen molar-refractivity contribution in [2.24, 2.45) is 0 Å². The second-order valence-corrected chi connectivity index (χ2v) is 4.57. The van der Waals surface area contributed by atoms with Crippen LogP contribution < -0.4 is 5.43 Å². The second-order valence-electron chi connectivity index (χ2n) is 4.57. The lowest BCUT2D eigenvalue weighted by atomic mass is 10.2. The lowest BCUT2D eigenvalue weighted by molar-refractivity contribution is -0.127. The van der Waals surface area contributed by atoms with Crippen LogP contribution in [0.5, 0.6) is 0 Å². The predicted molar refractivity (Wildman–Crippen MR) is 59.2 cm³/mol. The lowest BCUT2D eigenvalue weighted by Gasteiger charge is -2.27. The number of amides is 1. The highest BCUT2D eigenvalue weighted by atomic mass is 16.2. The molecule has 0 aliphatic carbocycles. The molecule has 2 saturated heterocycles. The fourth-order valence-electron chi connectivity index (χ4n) is 2.36. The van der Waals surface area contributed by atoms with Gasteiger partial charge in [0.15, 0.2) is 0 Å². The van der Waals surface area contributed by atoms with Crippen LogP contribution in [-0.4, -0.2) is 48.5 Å². The zero-order chi connectivity index (χ0) is 10.5. The molecule has 1 N–H and O–H groups in total. The zero-order valence-corrected chi connectivity index (χ0v) is 9.37. The molecule has 0 radical (unpaired) electrons. The largest absolute Gasteiger partial charge is 0.294 e. The quantitative estimate of drug-likeness (QED) is 0.742. The number of carbonyl (C=O) groups excluding carboxylic acids is 1. The summed E-state index contributed by atoms with van der Waals surface area (Å²) in [6.07, 6.45) is 6.22. The smallest absolute Gasteiger partial charge is 0.248 e. The Balaban J connectivity index is 1.66. The number of hydrogen-bond acceptors (Lipinski definition) is 3. The molecule has 1 amide bonds. The van der Waals surface area contributed by atoms with E-state index in [1.807, 2.05) is 0 Å². The van der Waals surface area contributed by atoms with Gasteiger partial charge in [0, 0.05) is 13.1 Å². The number of likely N-dealkylation sites (tertiary alicyclic amines) is 1. The van der Waals surface area contributed by atoms with E-state index in [2.05, 4.69) is 15.3 Å². The number of carbonyl (C=O) groups is 1. The van der Waals surface area contributed by atoms with Crippen LogP contribution in [0.1, 0.15) is 32.1 Å². The first kappa shape index (κ1) is 10.9. The van der Waals surface area contributed by atoms with Gasteiger partial charge in [-0.25, -0.2) is 5.01 Å². The average molecular weight is 211 g/mol. The minimum atomic E-state index is 0.166. The van der Waals surface area contributed by atoms with E-state index < -0.39 is 0 Å². The monoisotopic (exact) mass is 211 g/mol. The van der Waals surface area contributed by atoms with Crippen LogP contribution in [0.2, 0.25) is 0 Å². The summed E-state index contributed by atoms with van der Waals surface area (Å²) < 4.78 is 0. The highest BCUT2D eigenvalue weighted by molar-refractivity contribution is 5.77. The molecule has 0 aromatic rings. The molecule has 2 heterocycles. The van der Waals surface area contributed by atoms with Crippen LogP contribution in [0.3, 0.4) is 0 Å². The van der Waals surface area contributed by atoms with Crippen molar-refractivity contribution in [3.05, 3.63) is 0 Å². The van der Waals surface area contributed by atoms with Gasteiger partial charge in [0.1, 0.15) is 0 Å². The molecule has 4 nitrogen and oxygen atoms in total. The van der Waals surface area contributed by atoms with Gasteiger partial charge in [-0.1, -0.05) is 6.42 Å². The number of hydrazine groups is 1. The third kappa shape index (κ3) is 3.47. The number of piperidine rings is 1. The summed E-state index contributed by atoms with van der Waals surface area (Å²) in [5.41, 5.74) is 3.00. The average Bonchev–Trinajstić information content (AvgIpc) is 2.71. The van der Waals surface area contributed by atoms with E-state index in [-0.39, 0.29) is 5.91 Å². The van der Waals surface area contributed by atoms with E-state index in [4.69, 9.17) is 0 Å². The van der Waals surface area contributed by atoms with E-state index in [1.165, 1.54) is 32.1 Å². The lowest BCUT2D eigenvalue weighted by Crippen LogP contribution is -2.48. The standard InChI is InChI=1S/C11H21N3O/c15-11(10-13-6-4-5-7-13)12-14-8-2-1-3-9-14/h1-10H2,(H,12,15).